The number of aromatic nitrogens is 1. The fourth-order valence-electron chi connectivity index (χ4n) is 4.20. The Morgan fingerprint density at radius 3 is 2.48 bits per heavy atom. The third kappa shape index (κ3) is 4.66. The van der Waals surface area contributed by atoms with Crippen LogP contribution in [-0.4, -0.2) is 45.3 Å². The van der Waals surface area contributed by atoms with E-state index in [1.54, 1.807) is 13.8 Å². The number of amides is 2. The van der Waals surface area contributed by atoms with Crippen molar-refractivity contribution in [3.05, 3.63) is 52.1 Å². The molecule has 2 aromatic rings. The van der Waals surface area contributed by atoms with Gasteiger partial charge in [0.05, 0.1) is 17.3 Å². The number of carbonyl (C=O) groups excluding carboxylic acids is 3. The van der Waals surface area contributed by atoms with Gasteiger partial charge in [0.15, 0.2) is 0 Å². The summed E-state index contributed by atoms with van der Waals surface area (Å²) in [6, 6.07) is 2.83. The highest BCUT2D eigenvalue weighted by atomic mass is 19.3. The number of aliphatic hydroxyl groups is 1. The maximum Gasteiger partial charge on any atom is 0.294 e. The summed E-state index contributed by atoms with van der Waals surface area (Å²) in [7, 11) is 1.51. The van der Waals surface area contributed by atoms with Crippen molar-refractivity contribution in [2.75, 3.05) is 5.32 Å². The normalized spacial score (nSPS) is 19.8. The van der Waals surface area contributed by atoms with Crippen LogP contribution in [0.5, 0.6) is 0 Å². The molecular weight excluding hydrogens is 439 g/mol. The number of halogens is 3. The zero-order chi connectivity index (χ0) is 24.7. The first kappa shape index (κ1) is 24.5. The summed E-state index contributed by atoms with van der Waals surface area (Å²) in [5.41, 5.74) is 1.45. The lowest BCUT2D eigenvalue weighted by Crippen LogP contribution is -2.55. The number of ketones is 1. The molecule has 2 atom stereocenters. The molecule has 1 saturated carbocycles. The van der Waals surface area contributed by atoms with Crippen LogP contribution in [-0.2, 0) is 11.8 Å². The Morgan fingerprint density at radius 1 is 1.18 bits per heavy atom. The van der Waals surface area contributed by atoms with Gasteiger partial charge in [0.1, 0.15) is 11.9 Å². The molecule has 1 heterocycles. The molecule has 0 radical (unpaired) electrons. The molecule has 33 heavy (non-hydrogen) atoms. The fourth-order valence-corrected chi connectivity index (χ4v) is 4.20. The number of nitrogens with zero attached hydrogens (tertiary/aromatic N) is 1. The highest BCUT2D eigenvalue weighted by molar-refractivity contribution is 6.43. The standard InChI is InChI=1S/C23H26F3N3O4/c1-11-10-14(7-8-15(11)24)27-21(32)17-12(2)18(29(4)13(17)3)19(30)22(33)28-16-6-5-9-23(25,26)20(16)31/h7-8,10,16,20,31H,5-6,9H2,1-4H3,(H,27,32)(H,28,33)/t16-,20+/m0/s1. The molecule has 1 aliphatic rings. The van der Waals surface area contributed by atoms with Gasteiger partial charge in [0.25, 0.3) is 23.5 Å². The van der Waals surface area contributed by atoms with Crippen LogP contribution < -0.4 is 10.6 Å². The van der Waals surface area contributed by atoms with E-state index in [4.69, 9.17) is 0 Å². The Labute approximate surface area is 189 Å². The van der Waals surface area contributed by atoms with E-state index in [0.29, 0.717) is 16.9 Å². The second-order valence-electron chi connectivity index (χ2n) is 8.42. The van der Waals surface area contributed by atoms with Gasteiger partial charge in [-0.25, -0.2) is 13.2 Å². The van der Waals surface area contributed by atoms with E-state index in [1.807, 2.05) is 0 Å². The minimum atomic E-state index is -3.35. The van der Waals surface area contributed by atoms with Gasteiger partial charge in [-0.1, -0.05) is 0 Å². The number of rotatable bonds is 5. The molecule has 1 aliphatic carbocycles. The number of anilines is 1. The van der Waals surface area contributed by atoms with Gasteiger partial charge in [-0.3, -0.25) is 14.4 Å². The van der Waals surface area contributed by atoms with Crippen molar-refractivity contribution < 1.29 is 32.7 Å². The first-order valence-corrected chi connectivity index (χ1v) is 10.5. The molecule has 0 bridgehead atoms. The summed E-state index contributed by atoms with van der Waals surface area (Å²) in [6.45, 7) is 4.65. The first-order chi connectivity index (χ1) is 15.3. The summed E-state index contributed by atoms with van der Waals surface area (Å²) in [5.74, 6) is -6.45. The molecule has 0 spiro atoms. The van der Waals surface area contributed by atoms with E-state index < -0.39 is 47.9 Å². The van der Waals surface area contributed by atoms with E-state index in [9.17, 15) is 32.7 Å². The Bertz CT molecular complexity index is 1130. The second kappa shape index (κ2) is 9.01. The minimum absolute atomic E-state index is 0.0671. The van der Waals surface area contributed by atoms with Crippen molar-refractivity contribution in [3.63, 3.8) is 0 Å². The quantitative estimate of drug-likeness (QED) is 0.466. The number of aliphatic hydroxyl groups excluding tert-OH is 1. The Balaban J connectivity index is 1.83. The smallest absolute Gasteiger partial charge is 0.294 e. The highest BCUT2D eigenvalue weighted by Gasteiger charge is 2.47. The van der Waals surface area contributed by atoms with E-state index in [2.05, 4.69) is 10.6 Å². The van der Waals surface area contributed by atoms with Gasteiger partial charge in [0.2, 0.25) is 0 Å². The molecule has 3 N–H and O–H groups in total. The highest BCUT2D eigenvalue weighted by Crippen LogP contribution is 2.33. The van der Waals surface area contributed by atoms with Crippen molar-refractivity contribution in [1.82, 2.24) is 9.88 Å². The van der Waals surface area contributed by atoms with E-state index >= 15 is 0 Å². The van der Waals surface area contributed by atoms with Crippen LogP contribution in [0.2, 0.25) is 0 Å². The molecule has 2 amide bonds. The molecule has 1 fully saturated rings. The maximum absolute atomic E-state index is 13.8. The SMILES string of the molecule is Cc1cc(NC(=O)c2c(C)c(C(=O)C(=O)N[C@H]3CCCC(F)(F)[C@@H]3O)n(C)c2C)ccc1F. The topological polar surface area (TPSA) is 100 Å². The van der Waals surface area contributed by atoms with E-state index in [0.717, 1.165) is 0 Å². The number of alkyl halides is 2. The van der Waals surface area contributed by atoms with Crippen LogP contribution >= 0.6 is 0 Å². The Kier molecular flexibility index (Phi) is 6.69. The van der Waals surface area contributed by atoms with Gasteiger partial charge in [-0.05, 0) is 62.9 Å². The van der Waals surface area contributed by atoms with Crippen LogP contribution in [0.4, 0.5) is 18.9 Å². The molecule has 0 aliphatic heterocycles. The average Bonchev–Trinajstić information content (AvgIpc) is 2.96. The van der Waals surface area contributed by atoms with Crippen molar-refractivity contribution in [1.29, 1.82) is 0 Å². The first-order valence-electron chi connectivity index (χ1n) is 10.5. The van der Waals surface area contributed by atoms with Gasteiger partial charge in [-0.2, -0.15) is 0 Å². The van der Waals surface area contributed by atoms with E-state index in [-0.39, 0.29) is 29.7 Å². The third-order valence-corrected chi connectivity index (χ3v) is 6.15. The number of benzene rings is 1. The van der Waals surface area contributed by atoms with Crippen LogP contribution in [0.25, 0.3) is 0 Å². The van der Waals surface area contributed by atoms with Crippen LogP contribution in [0.15, 0.2) is 18.2 Å². The summed E-state index contributed by atoms with van der Waals surface area (Å²) < 4.78 is 42.4. The second-order valence-corrected chi connectivity index (χ2v) is 8.42. The van der Waals surface area contributed by atoms with Crippen molar-refractivity contribution >= 4 is 23.3 Å². The lowest BCUT2D eigenvalue weighted by Gasteiger charge is -2.34. The molecule has 178 valence electrons. The van der Waals surface area contributed by atoms with Gasteiger partial charge in [-0.15, -0.1) is 0 Å². The minimum Gasteiger partial charge on any atom is -0.385 e. The van der Waals surface area contributed by atoms with Gasteiger partial charge in [0, 0.05) is 24.8 Å². The largest absolute Gasteiger partial charge is 0.385 e. The fraction of sp³-hybridized carbons (Fsp3) is 0.435. The average molecular weight is 465 g/mol. The maximum atomic E-state index is 13.8. The number of carbonyl (C=O) groups is 3. The summed E-state index contributed by atoms with van der Waals surface area (Å²) in [4.78, 5) is 38.3. The molecule has 1 aromatic carbocycles. The Hall–Kier alpha value is -3.14. The van der Waals surface area contributed by atoms with Crippen molar-refractivity contribution in [3.8, 4) is 0 Å². The van der Waals surface area contributed by atoms with Crippen LogP contribution in [0.1, 0.15) is 56.9 Å². The van der Waals surface area contributed by atoms with Crippen LogP contribution in [0.3, 0.4) is 0 Å². The molecule has 1 aromatic heterocycles. The molecule has 10 heteroatoms. The Morgan fingerprint density at radius 2 is 1.85 bits per heavy atom. The van der Waals surface area contributed by atoms with Gasteiger partial charge < -0.3 is 20.3 Å². The number of hydrogen-bond acceptors (Lipinski definition) is 4. The zero-order valence-electron chi connectivity index (χ0n) is 18.8. The van der Waals surface area contributed by atoms with Gasteiger partial charge >= 0.3 is 0 Å². The predicted molar refractivity (Wildman–Crippen MR) is 115 cm³/mol. The molecule has 0 saturated heterocycles. The molecule has 7 nitrogen and oxygen atoms in total. The van der Waals surface area contributed by atoms with E-state index in [1.165, 1.54) is 36.7 Å². The number of nitrogens with one attached hydrogen (secondary N) is 2. The lowest BCUT2D eigenvalue weighted by atomic mass is 9.89. The molecule has 0 unspecified atom stereocenters. The summed E-state index contributed by atoms with van der Waals surface area (Å²) >= 11 is 0. The predicted octanol–water partition coefficient (Wildman–Crippen LogP) is 3.19. The molecular formula is C23H26F3N3O4. The third-order valence-electron chi connectivity index (χ3n) is 6.15. The lowest BCUT2D eigenvalue weighted by molar-refractivity contribution is -0.147. The summed E-state index contributed by atoms with van der Waals surface area (Å²) in [5, 5.41) is 14.7. The number of Topliss-reactive ketones (excluding diaryl/α,β-unsaturated/α-hetero) is 1. The number of hydrogen-bond donors (Lipinski definition) is 3. The monoisotopic (exact) mass is 465 g/mol. The molecule has 3 rings (SSSR count). The number of aryl methyl sites for hydroxylation is 1. The summed E-state index contributed by atoms with van der Waals surface area (Å²) in [6.07, 6.45) is -2.36. The zero-order valence-corrected chi connectivity index (χ0v) is 18.8. The van der Waals surface area contributed by atoms with Crippen molar-refractivity contribution in [2.45, 2.75) is 58.1 Å². The van der Waals surface area contributed by atoms with Crippen LogP contribution in [0, 0.1) is 26.6 Å². The van der Waals surface area contributed by atoms with Crippen molar-refractivity contribution in [2.24, 2.45) is 7.05 Å².